The van der Waals surface area contributed by atoms with Gasteiger partial charge in [-0.1, -0.05) is 0 Å². The summed E-state index contributed by atoms with van der Waals surface area (Å²) in [6.07, 6.45) is 1.25. The number of nitrogens with zero attached hydrogens (tertiary/aromatic N) is 1. The molecule has 0 radical (unpaired) electrons. The maximum absolute atomic E-state index is 10.7. The quantitative estimate of drug-likeness (QED) is 0.608. The van der Waals surface area contributed by atoms with Crippen molar-refractivity contribution in [3.05, 3.63) is 33.9 Å². The highest BCUT2D eigenvalue weighted by atomic mass is 16.6. The van der Waals surface area contributed by atoms with Crippen LogP contribution in [0.15, 0.2) is 18.2 Å². The molecular formula is C12H16N2O4. The summed E-state index contributed by atoms with van der Waals surface area (Å²) in [7, 11) is 1.54. The lowest BCUT2D eigenvalue weighted by molar-refractivity contribution is -0.384. The van der Waals surface area contributed by atoms with Crippen LogP contribution >= 0.6 is 0 Å². The summed E-state index contributed by atoms with van der Waals surface area (Å²) in [6.45, 7) is 0.502. The average molecular weight is 252 g/mol. The van der Waals surface area contributed by atoms with Gasteiger partial charge >= 0.3 is 0 Å². The van der Waals surface area contributed by atoms with Crippen LogP contribution in [0.25, 0.3) is 0 Å². The van der Waals surface area contributed by atoms with Crippen molar-refractivity contribution in [1.29, 1.82) is 0 Å². The number of ether oxygens (including phenoxy) is 1. The predicted octanol–water partition coefficient (Wildman–Crippen LogP) is 1.22. The summed E-state index contributed by atoms with van der Waals surface area (Å²) in [5, 5.41) is 23.1. The summed E-state index contributed by atoms with van der Waals surface area (Å²) < 4.78 is 5.17. The standard InChI is InChI=1S/C12H16N2O4/c1-18-12-3-2-10(14(16)17)4-8(12)7-13-9-5-11(15)6-9/h2-4,9,11,13,15H,5-7H2,1H3. The summed E-state index contributed by atoms with van der Waals surface area (Å²) in [5.74, 6) is 0.632. The molecule has 0 amide bonds. The molecule has 98 valence electrons. The lowest BCUT2D eigenvalue weighted by atomic mass is 9.89. The average Bonchev–Trinajstić information content (AvgIpc) is 2.32. The topological polar surface area (TPSA) is 84.6 Å². The number of nitrogens with one attached hydrogen (secondary N) is 1. The molecule has 2 N–H and O–H groups in total. The monoisotopic (exact) mass is 252 g/mol. The lowest BCUT2D eigenvalue weighted by Crippen LogP contribution is -2.43. The van der Waals surface area contributed by atoms with Crippen LogP contribution in [-0.2, 0) is 6.54 Å². The van der Waals surface area contributed by atoms with E-state index < -0.39 is 4.92 Å². The van der Waals surface area contributed by atoms with Gasteiger partial charge in [0, 0.05) is 30.3 Å². The number of nitro benzene ring substituents is 1. The summed E-state index contributed by atoms with van der Waals surface area (Å²) in [4.78, 5) is 10.3. The zero-order valence-corrected chi connectivity index (χ0v) is 10.1. The van der Waals surface area contributed by atoms with Crippen molar-refractivity contribution >= 4 is 5.69 Å². The summed E-state index contributed by atoms with van der Waals surface area (Å²) in [6, 6.07) is 4.82. The third-order valence-electron chi connectivity index (χ3n) is 3.17. The van der Waals surface area contributed by atoms with Crippen molar-refractivity contribution in [2.24, 2.45) is 0 Å². The highest BCUT2D eigenvalue weighted by Crippen LogP contribution is 2.25. The summed E-state index contributed by atoms with van der Waals surface area (Å²) >= 11 is 0. The second kappa shape index (κ2) is 5.32. The first-order chi connectivity index (χ1) is 8.60. The number of benzene rings is 1. The Balaban J connectivity index is 2.04. The Morgan fingerprint density at radius 1 is 1.56 bits per heavy atom. The van der Waals surface area contributed by atoms with Crippen molar-refractivity contribution in [1.82, 2.24) is 5.32 Å². The molecule has 0 atom stereocenters. The van der Waals surface area contributed by atoms with E-state index in [0.717, 1.165) is 18.4 Å². The van der Waals surface area contributed by atoms with Crippen molar-refractivity contribution in [2.75, 3.05) is 7.11 Å². The number of rotatable bonds is 5. The second-order valence-corrected chi connectivity index (χ2v) is 4.46. The van der Waals surface area contributed by atoms with Crippen LogP contribution in [0, 0.1) is 10.1 Å². The fraction of sp³-hybridized carbons (Fsp3) is 0.500. The molecule has 2 rings (SSSR count). The van der Waals surface area contributed by atoms with Crippen LogP contribution in [0.4, 0.5) is 5.69 Å². The Kier molecular flexibility index (Phi) is 3.78. The van der Waals surface area contributed by atoms with Crippen molar-refractivity contribution in [3.63, 3.8) is 0 Å². The Morgan fingerprint density at radius 2 is 2.28 bits per heavy atom. The van der Waals surface area contributed by atoms with Gasteiger partial charge in [-0.3, -0.25) is 10.1 Å². The van der Waals surface area contributed by atoms with E-state index in [0.29, 0.717) is 12.3 Å². The van der Waals surface area contributed by atoms with Crippen LogP contribution in [-0.4, -0.2) is 29.3 Å². The molecule has 0 saturated heterocycles. The predicted molar refractivity (Wildman–Crippen MR) is 65.5 cm³/mol. The zero-order chi connectivity index (χ0) is 13.1. The molecule has 0 bridgehead atoms. The van der Waals surface area contributed by atoms with Gasteiger partial charge in [0.2, 0.25) is 0 Å². The van der Waals surface area contributed by atoms with E-state index in [1.54, 1.807) is 6.07 Å². The van der Waals surface area contributed by atoms with E-state index in [1.165, 1.54) is 19.2 Å². The molecule has 1 saturated carbocycles. The van der Waals surface area contributed by atoms with E-state index in [1.807, 2.05) is 0 Å². The number of non-ortho nitro benzene ring substituents is 1. The van der Waals surface area contributed by atoms with E-state index in [-0.39, 0.29) is 17.8 Å². The summed E-state index contributed by atoms with van der Waals surface area (Å²) in [5.41, 5.74) is 0.814. The molecule has 1 aromatic carbocycles. The molecule has 1 aliphatic rings. The zero-order valence-electron chi connectivity index (χ0n) is 10.1. The number of aliphatic hydroxyl groups excluding tert-OH is 1. The first kappa shape index (κ1) is 12.8. The van der Waals surface area contributed by atoms with Gasteiger partial charge in [-0.05, 0) is 18.9 Å². The maximum Gasteiger partial charge on any atom is 0.270 e. The minimum atomic E-state index is -0.421. The van der Waals surface area contributed by atoms with E-state index >= 15 is 0 Å². The largest absolute Gasteiger partial charge is 0.496 e. The van der Waals surface area contributed by atoms with Gasteiger partial charge in [-0.15, -0.1) is 0 Å². The molecular weight excluding hydrogens is 236 g/mol. The van der Waals surface area contributed by atoms with Crippen molar-refractivity contribution in [2.45, 2.75) is 31.5 Å². The molecule has 18 heavy (non-hydrogen) atoms. The van der Waals surface area contributed by atoms with Gasteiger partial charge < -0.3 is 15.2 Å². The Bertz CT molecular complexity index is 444. The van der Waals surface area contributed by atoms with E-state index in [2.05, 4.69) is 5.32 Å². The molecule has 1 aromatic rings. The molecule has 0 spiro atoms. The van der Waals surface area contributed by atoms with Crippen molar-refractivity contribution in [3.8, 4) is 5.75 Å². The second-order valence-electron chi connectivity index (χ2n) is 4.46. The molecule has 0 aliphatic heterocycles. The molecule has 0 unspecified atom stereocenters. The van der Waals surface area contributed by atoms with Gasteiger partial charge in [0.05, 0.1) is 18.1 Å². The fourth-order valence-electron chi connectivity index (χ4n) is 2.03. The Hall–Kier alpha value is -1.66. The van der Waals surface area contributed by atoms with Crippen LogP contribution in [0.5, 0.6) is 5.75 Å². The van der Waals surface area contributed by atoms with Gasteiger partial charge in [-0.25, -0.2) is 0 Å². The Labute approximate surface area is 105 Å². The molecule has 0 aromatic heterocycles. The van der Waals surface area contributed by atoms with Crippen LogP contribution in [0.1, 0.15) is 18.4 Å². The number of nitro groups is 1. The normalized spacial score (nSPS) is 22.3. The smallest absolute Gasteiger partial charge is 0.270 e. The first-order valence-electron chi connectivity index (χ1n) is 5.83. The molecule has 6 nitrogen and oxygen atoms in total. The first-order valence-corrected chi connectivity index (χ1v) is 5.83. The van der Waals surface area contributed by atoms with Crippen LogP contribution in [0.3, 0.4) is 0 Å². The minimum absolute atomic E-state index is 0.0567. The third-order valence-corrected chi connectivity index (χ3v) is 3.17. The van der Waals surface area contributed by atoms with Gasteiger partial charge in [0.25, 0.3) is 5.69 Å². The number of hydrogen-bond donors (Lipinski definition) is 2. The molecule has 1 fully saturated rings. The minimum Gasteiger partial charge on any atom is -0.496 e. The molecule has 6 heteroatoms. The van der Waals surface area contributed by atoms with E-state index in [4.69, 9.17) is 4.74 Å². The van der Waals surface area contributed by atoms with E-state index in [9.17, 15) is 15.2 Å². The van der Waals surface area contributed by atoms with Crippen LogP contribution in [0.2, 0.25) is 0 Å². The highest BCUT2D eigenvalue weighted by molar-refractivity contribution is 5.43. The number of methoxy groups -OCH3 is 1. The van der Waals surface area contributed by atoms with Gasteiger partial charge in [0.15, 0.2) is 0 Å². The highest BCUT2D eigenvalue weighted by Gasteiger charge is 2.26. The maximum atomic E-state index is 10.7. The molecule has 0 heterocycles. The number of hydrogen-bond acceptors (Lipinski definition) is 5. The third kappa shape index (κ3) is 2.77. The lowest BCUT2D eigenvalue weighted by Gasteiger charge is -2.32. The van der Waals surface area contributed by atoms with Gasteiger partial charge in [0.1, 0.15) is 5.75 Å². The fourth-order valence-corrected chi connectivity index (χ4v) is 2.03. The Morgan fingerprint density at radius 3 is 2.83 bits per heavy atom. The molecule has 1 aliphatic carbocycles. The van der Waals surface area contributed by atoms with Crippen LogP contribution < -0.4 is 10.1 Å². The van der Waals surface area contributed by atoms with Gasteiger partial charge in [-0.2, -0.15) is 0 Å². The number of aliphatic hydroxyl groups is 1. The SMILES string of the molecule is COc1ccc([N+](=O)[O-])cc1CNC1CC(O)C1. The van der Waals surface area contributed by atoms with Crippen molar-refractivity contribution < 1.29 is 14.8 Å².